The summed E-state index contributed by atoms with van der Waals surface area (Å²) in [4.78, 5) is 34.1. The zero-order valence-electron chi connectivity index (χ0n) is 16.8. The van der Waals surface area contributed by atoms with Gasteiger partial charge in [-0.15, -0.1) is 0 Å². The highest BCUT2D eigenvalue weighted by molar-refractivity contribution is 7.22. The van der Waals surface area contributed by atoms with E-state index in [0.29, 0.717) is 31.8 Å². The van der Waals surface area contributed by atoms with Crippen LogP contribution in [0.5, 0.6) is 0 Å². The third-order valence-corrected chi connectivity index (χ3v) is 6.59. The minimum absolute atomic E-state index is 0.0910. The largest absolute Gasteiger partial charge is 0.422 e. The Labute approximate surface area is 177 Å². The average Bonchev–Trinajstić information content (AvgIpc) is 3.17. The Balaban J connectivity index is 1.35. The molecule has 1 aliphatic heterocycles. The van der Waals surface area contributed by atoms with E-state index in [1.807, 2.05) is 12.1 Å². The standard InChI is InChI=1S/C23H21N3O3S/c1-14-11-15(2)20-19(12-14)30-23(24-20)26-9-7-25(8-10-26)21(27)17-13-16-5-3-4-6-18(16)29-22(17)28/h3-6,11-13H,7-10H2,1-2H3. The summed E-state index contributed by atoms with van der Waals surface area (Å²) in [5.74, 6) is -0.273. The number of para-hydroxylation sites is 1. The van der Waals surface area contributed by atoms with Gasteiger partial charge in [0.15, 0.2) is 5.13 Å². The summed E-state index contributed by atoms with van der Waals surface area (Å²) in [7, 11) is 0. The predicted octanol–water partition coefficient (Wildman–Crippen LogP) is 3.98. The van der Waals surface area contributed by atoms with E-state index >= 15 is 0 Å². The number of rotatable bonds is 2. The minimum Gasteiger partial charge on any atom is -0.422 e. The fraction of sp³-hybridized carbons (Fsp3) is 0.261. The lowest BCUT2D eigenvalue weighted by molar-refractivity contribution is 0.0742. The molecule has 1 amide bonds. The van der Waals surface area contributed by atoms with Crippen LogP contribution in [0.1, 0.15) is 21.5 Å². The third kappa shape index (κ3) is 3.25. The molecule has 0 saturated carbocycles. The van der Waals surface area contributed by atoms with E-state index < -0.39 is 5.63 Å². The molecule has 7 heteroatoms. The molecule has 0 aliphatic carbocycles. The molecule has 5 rings (SSSR count). The molecular weight excluding hydrogens is 398 g/mol. The van der Waals surface area contributed by atoms with Crippen LogP contribution in [0.2, 0.25) is 0 Å². The number of benzene rings is 2. The van der Waals surface area contributed by atoms with E-state index in [0.717, 1.165) is 16.0 Å². The van der Waals surface area contributed by atoms with Crippen LogP contribution in [0, 0.1) is 13.8 Å². The van der Waals surface area contributed by atoms with E-state index in [9.17, 15) is 9.59 Å². The first-order valence-electron chi connectivity index (χ1n) is 9.94. The molecule has 1 aliphatic rings. The fourth-order valence-electron chi connectivity index (χ4n) is 3.98. The number of carbonyl (C=O) groups excluding carboxylic acids is 1. The van der Waals surface area contributed by atoms with Gasteiger partial charge in [0.1, 0.15) is 11.1 Å². The molecular formula is C23H21N3O3S. The number of hydrogen-bond acceptors (Lipinski definition) is 6. The summed E-state index contributed by atoms with van der Waals surface area (Å²) in [5, 5.41) is 1.73. The highest BCUT2D eigenvalue weighted by atomic mass is 32.1. The van der Waals surface area contributed by atoms with Crippen LogP contribution >= 0.6 is 11.3 Å². The summed E-state index contributed by atoms with van der Waals surface area (Å²) in [5.41, 5.74) is 3.47. The molecule has 1 saturated heterocycles. The number of fused-ring (bicyclic) bond motifs is 2. The van der Waals surface area contributed by atoms with Crippen molar-refractivity contribution in [3.05, 3.63) is 69.6 Å². The van der Waals surface area contributed by atoms with Crippen molar-refractivity contribution in [2.75, 3.05) is 31.1 Å². The lowest BCUT2D eigenvalue weighted by Gasteiger charge is -2.34. The molecule has 0 bridgehead atoms. The second-order valence-electron chi connectivity index (χ2n) is 7.69. The van der Waals surface area contributed by atoms with Gasteiger partial charge in [0, 0.05) is 31.6 Å². The van der Waals surface area contributed by atoms with Crippen molar-refractivity contribution in [3.8, 4) is 0 Å². The van der Waals surface area contributed by atoms with Gasteiger partial charge < -0.3 is 14.2 Å². The van der Waals surface area contributed by atoms with Crippen LogP contribution in [-0.2, 0) is 0 Å². The molecule has 2 aromatic heterocycles. The maximum Gasteiger partial charge on any atom is 0.349 e. The van der Waals surface area contributed by atoms with Crippen LogP contribution in [0.25, 0.3) is 21.2 Å². The minimum atomic E-state index is -0.585. The normalized spacial score (nSPS) is 14.6. The van der Waals surface area contributed by atoms with Crippen LogP contribution in [0.3, 0.4) is 0 Å². The SMILES string of the molecule is Cc1cc(C)c2nc(N3CCN(C(=O)c4cc5ccccc5oc4=O)CC3)sc2c1. The molecule has 152 valence electrons. The number of nitrogens with zero attached hydrogens (tertiary/aromatic N) is 3. The highest BCUT2D eigenvalue weighted by Crippen LogP contribution is 2.32. The molecule has 2 aromatic carbocycles. The van der Waals surface area contributed by atoms with Crippen LogP contribution in [-0.4, -0.2) is 42.0 Å². The number of hydrogen-bond donors (Lipinski definition) is 0. The Morgan fingerprint density at radius 2 is 1.83 bits per heavy atom. The van der Waals surface area contributed by atoms with Crippen molar-refractivity contribution in [3.63, 3.8) is 0 Å². The molecule has 0 radical (unpaired) electrons. The predicted molar refractivity (Wildman–Crippen MR) is 120 cm³/mol. The van der Waals surface area contributed by atoms with Gasteiger partial charge in [-0.2, -0.15) is 0 Å². The summed E-state index contributed by atoms with van der Waals surface area (Å²) < 4.78 is 6.52. The number of aromatic nitrogens is 1. The van der Waals surface area contributed by atoms with E-state index in [4.69, 9.17) is 9.40 Å². The average molecular weight is 420 g/mol. The van der Waals surface area contributed by atoms with Gasteiger partial charge in [-0.25, -0.2) is 9.78 Å². The van der Waals surface area contributed by atoms with E-state index in [1.54, 1.807) is 34.4 Å². The van der Waals surface area contributed by atoms with Gasteiger partial charge in [-0.05, 0) is 43.2 Å². The molecule has 6 nitrogen and oxygen atoms in total. The van der Waals surface area contributed by atoms with Gasteiger partial charge in [0.05, 0.1) is 10.2 Å². The smallest absolute Gasteiger partial charge is 0.349 e. The van der Waals surface area contributed by atoms with E-state index in [-0.39, 0.29) is 11.5 Å². The van der Waals surface area contributed by atoms with Gasteiger partial charge in [0.25, 0.3) is 5.91 Å². The van der Waals surface area contributed by atoms with Crippen LogP contribution < -0.4 is 10.5 Å². The van der Waals surface area contributed by atoms with Crippen molar-refractivity contribution in [2.45, 2.75) is 13.8 Å². The number of anilines is 1. The molecule has 0 N–H and O–H groups in total. The van der Waals surface area contributed by atoms with Crippen LogP contribution in [0.4, 0.5) is 5.13 Å². The topological polar surface area (TPSA) is 66.7 Å². The summed E-state index contributed by atoms with van der Waals surface area (Å²) in [6, 6.07) is 13.2. The first-order valence-corrected chi connectivity index (χ1v) is 10.8. The highest BCUT2D eigenvalue weighted by Gasteiger charge is 2.26. The van der Waals surface area contributed by atoms with Gasteiger partial charge in [-0.1, -0.05) is 35.6 Å². The van der Waals surface area contributed by atoms with Crippen molar-refractivity contribution in [1.29, 1.82) is 0 Å². The second kappa shape index (κ2) is 7.25. The Hall–Kier alpha value is -3.19. The number of thiazole rings is 1. The van der Waals surface area contributed by atoms with Gasteiger partial charge in [0.2, 0.25) is 0 Å². The number of piperazine rings is 1. The van der Waals surface area contributed by atoms with Crippen molar-refractivity contribution in [1.82, 2.24) is 9.88 Å². The molecule has 4 aromatic rings. The van der Waals surface area contributed by atoms with E-state index in [2.05, 4.69) is 30.9 Å². The van der Waals surface area contributed by atoms with Gasteiger partial charge >= 0.3 is 5.63 Å². The molecule has 0 spiro atoms. The lowest BCUT2D eigenvalue weighted by atomic mass is 10.1. The Morgan fingerprint density at radius 3 is 2.63 bits per heavy atom. The molecule has 1 fully saturated rings. The van der Waals surface area contributed by atoms with Crippen molar-refractivity contribution < 1.29 is 9.21 Å². The number of amides is 1. The fourth-order valence-corrected chi connectivity index (χ4v) is 5.17. The zero-order chi connectivity index (χ0) is 20.8. The third-order valence-electron chi connectivity index (χ3n) is 5.53. The molecule has 3 heterocycles. The zero-order valence-corrected chi connectivity index (χ0v) is 17.7. The second-order valence-corrected chi connectivity index (χ2v) is 8.70. The number of aryl methyl sites for hydroxylation is 2. The first-order chi connectivity index (χ1) is 14.5. The van der Waals surface area contributed by atoms with Crippen LogP contribution in [0.15, 0.2) is 51.7 Å². The van der Waals surface area contributed by atoms with E-state index in [1.165, 1.54) is 15.8 Å². The Kier molecular flexibility index (Phi) is 4.55. The van der Waals surface area contributed by atoms with Gasteiger partial charge in [-0.3, -0.25) is 4.79 Å². The Morgan fingerprint density at radius 1 is 1.07 bits per heavy atom. The maximum atomic E-state index is 13.0. The quantitative estimate of drug-likeness (QED) is 0.460. The first kappa shape index (κ1) is 18.8. The maximum absolute atomic E-state index is 13.0. The van der Waals surface area contributed by atoms with Crippen molar-refractivity contribution >= 4 is 43.6 Å². The monoisotopic (exact) mass is 419 g/mol. The Bertz CT molecular complexity index is 1330. The summed E-state index contributed by atoms with van der Waals surface area (Å²) in [6.45, 7) is 6.63. The number of carbonyl (C=O) groups is 1. The lowest BCUT2D eigenvalue weighted by Crippen LogP contribution is -2.49. The molecule has 0 unspecified atom stereocenters. The van der Waals surface area contributed by atoms with Crippen molar-refractivity contribution in [2.24, 2.45) is 0 Å². The summed E-state index contributed by atoms with van der Waals surface area (Å²) >= 11 is 1.69. The molecule has 0 atom stereocenters. The molecule has 30 heavy (non-hydrogen) atoms. The summed E-state index contributed by atoms with van der Waals surface area (Å²) in [6.07, 6.45) is 0.